The number of carbonyl (C=O) groups excluding carboxylic acids is 1. The molecule has 32 heavy (non-hydrogen) atoms. The summed E-state index contributed by atoms with van der Waals surface area (Å²) < 4.78 is 5.70. The second-order valence-corrected chi connectivity index (χ2v) is 7.36. The zero-order valence-electron chi connectivity index (χ0n) is 16.3. The normalized spacial score (nSPS) is 11.0. The van der Waals surface area contributed by atoms with Gasteiger partial charge >= 0.3 is 0 Å². The van der Waals surface area contributed by atoms with Gasteiger partial charge in [-0.2, -0.15) is 5.26 Å². The van der Waals surface area contributed by atoms with Crippen molar-refractivity contribution in [3.8, 4) is 17.4 Å². The predicted molar refractivity (Wildman–Crippen MR) is 119 cm³/mol. The van der Waals surface area contributed by atoms with E-state index >= 15 is 0 Å². The number of hydrogen-bond donors (Lipinski definition) is 1. The third-order valence-corrected chi connectivity index (χ3v) is 5.18. The minimum absolute atomic E-state index is 0.0826. The lowest BCUT2D eigenvalue weighted by atomic mass is 10.1. The van der Waals surface area contributed by atoms with Gasteiger partial charge in [0.15, 0.2) is 5.01 Å². The van der Waals surface area contributed by atoms with E-state index in [1.54, 1.807) is 60.7 Å². The summed E-state index contributed by atoms with van der Waals surface area (Å²) in [5.74, 6) is 0.282. The molecule has 2 aromatic carbocycles. The van der Waals surface area contributed by atoms with Crippen LogP contribution in [0, 0.1) is 21.4 Å². The van der Waals surface area contributed by atoms with Crippen LogP contribution in [0.1, 0.15) is 21.1 Å². The Morgan fingerprint density at radius 3 is 2.59 bits per heavy atom. The number of para-hydroxylation sites is 1. The molecule has 0 aliphatic heterocycles. The topological polar surface area (TPSA) is 135 Å². The van der Waals surface area contributed by atoms with Crippen LogP contribution >= 0.6 is 11.3 Å². The molecule has 0 unspecified atom stereocenters. The van der Waals surface area contributed by atoms with Crippen LogP contribution in [0.3, 0.4) is 0 Å². The Balaban J connectivity index is 1.56. The number of aromatic nitrogens is 2. The zero-order valence-corrected chi connectivity index (χ0v) is 17.1. The van der Waals surface area contributed by atoms with Crippen molar-refractivity contribution in [1.29, 1.82) is 5.26 Å². The van der Waals surface area contributed by atoms with Gasteiger partial charge in [-0.05, 0) is 30.3 Å². The lowest BCUT2D eigenvalue weighted by Gasteiger charge is -1.99. The average Bonchev–Trinajstić information content (AvgIpc) is 3.47. The van der Waals surface area contributed by atoms with Crippen molar-refractivity contribution in [3.05, 3.63) is 93.2 Å². The number of hydrogen-bond acceptors (Lipinski definition) is 8. The number of nitro groups is 1. The predicted octanol–water partition coefficient (Wildman–Crippen LogP) is 5.02. The van der Waals surface area contributed by atoms with Gasteiger partial charge in [-0.15, -0.1) is 10.2 Å². The van der Waals surface area contributed by atoms with E-state index in [0.717, 1.165) is 11.3 Å². The van der Waals surface area contributed by atoms with Gasteiger partial charge < -0.3 is 4.42 Å². The van der Waals surface area contributed by atoms with Gasteiger partial charge in [0.05, 0.1) is 16.1 Å². The van der Waals surface area contributed by atoms with Crippen molar-refractivity contribution in [2.45, 2.75) is 0 Å². The number of nitrogens with zero attached hydrogens (tertiary/aromatic N) is 4. The van der Waals surface area contributed by atoms with Crippen LogP contribution in [-0.2, 0) is 0 Å². The van der Waals surface area contributed by atoms with E-state index in [4.69, 9.17) is 4.42 Å². The minimum Gasteiger partial charge on any atom is -0.456 e. The van der Waals surface area contributed by atoms with Gasteiger partial charge in [-0.1, -0.05) is 41.7 Å². The van der Waals surface area contributed by atoms with Crippen molar-refractivity contribution in [1.82, 2.24) is 10.2 Å². The molecule has 0 saturated heterocycles. The Morgan fingerprint density at radius 1 is 1.09 bits per heavy atom. The van der Waals surface area contributed by atoms with E-state index in [2.05, 4.69) is 15.5 Å². The molecular weight excluding hydrogens is 430 g/mol. The molecule has 9 nitrogen and oxygen atoms in total. The first-order valence-electron chi connectivity index (χ1n) is 9.21. The fraction of sp³-hybridized carbons (Fsp3) is 0. The highest BCUT2D eigenvalue weighted by atomic mass is 32.1. The third-order valence-electron chi connectivity index (χ3n) is 4.31. The molecular formula is C22H13N5O4S. The molecule has 0 radical (unpaired) electrons. The monoisotopic (exact) mass is 443 g/mol. The van der Waals surface area contributed by atoms with Gasteiger partial charge in [0.1, 0.15) is 17.6 Å². The second kappa shape index (κ2) is 9.03. The van der Waals surface area contributed by atoms with E-state index in [0.29, 0.717) is 27.7 Å². The first-order chi connectivity index (χ1) is 15.5. The molecule has 0 fully saturated rings. The number of allylic oxidation sites excluding steroid dienone is 1. The summed E-state index contributed by atoms with van der Waals surface area (Å²) in [5.41, 5.74) is 0.892. The number of nitro benzene ring substituents is 1. The maximum absolute atomic E-state index is 12.3. The highest BCUT2D eigenvalue weighted by molar-refractivity contribution is 7.16. The first-order valence-corrected chi connectivity index (χ1v) is 10.0. The van der Waals surface area contributed by atoms with E-state index in [-0.39, 0.29) is 22.3 Å². The molecule has 0 spiro atoms. The third kappa shape index (κ3) is 4.43. The largest absolute Gasteiger partial charge is 0.456 e. The number of rotatable bonds is 6. The average molecular weight is 443 g/mol. The zero-order chi connectivity index (χ0) is 22.5. The van der Waals surface area contributed by atoms with Crippen molar-refractivity contribution in [2.24, 2.45) is 0 Å². The Kier molecular flexibility index (Phi) is 5.83. The molecule has 0 aliphatic carbocycles. The molecule has 1 amide bonds. The van der Waals surface area contributed by atoms with Crippen LogP contribution in [0.2, 0.25) is 0 Å². The fourth-order valence-corrected chi connectivity index (χ4v) is 3.55. The fourth-order valence-electron chi connectivity index (χ4n) is 2.84. The number of nitrogens with one attached hydrogen (secondary N) is 1. The number of benzene rings is 2. The van der Waals surface area contributed by atoms with E-state index in [1.807, 2.05) is 6.07 Å². The molecule has 0 bridgehead atoms. The highest BCUT2D eigenvalue weighted by Crippen LogP contribution is 2.32. The number of anilines is 1. The van der Waals surface area contributed by atoms with Crippen LogP contribution < -0.4 is 5.32 Å². The Bertz CT molecular complexity index is 1370. The first kappa shape index (κ1) is 20.6. The standard InChI is InChI=1S/C22H13N5O4S/c23-13-15(21-25-26-22(32-21)24-20(28)14-6-2-1-3-7-14)12-16-10-11-19(31-16)17-8-4-5-9-18(17)27(29)30/h1-12H,(H,24,26,28)/b15-12+. The van der Waals surface area contributed by atoms with Crippen LogP contribution in [0.4, 0.5) is 10.8 Å². The lowest BCUT2D eigenvalue weighted by Crippen LogP contribution is -2.11. The van der Waals surface area contributed by atoms with Gasteiger partial charge in [-0.25, -0.2) is 0 Å². The van der Waals surface area contributed by atoms with Crippen LogP contribution in [-0.4, -0.2) is 21.0 Å². The molecule has 2 heterocycles. The van der Waals surface area contributed by atoms with Crippen molar-refractivity contribution in [2.75, 3.05) is 5.32 Å². The van der Waals surface area contributed by atoms with Gasteiger partial charge in [0, 0.05) is 17.7 Å². The minimum atomic E-state index is -0.486. The molecule has 0 aliphatic rings. The summed E-state index contributed by atoms with van der Waals surface area (Å²) >= 11 is 1.04. The summed E-state index contributed by atoms with van der Waals surface area (Å²) in [6.07, 6.45) is 1.46. The molecule has 10 heteroatoms. The number of nitriles is 1. The molecule has 2 aromatic heterocycles. The van der Waals surface area contributed by atoms with Crippen LogP contribution in [0.25, 0.3) is 23.0 Å². The summed E-state index contributed by atoms with van der Waals surface area (Å²) in [6.45, 7) is 0. The quantitative estimate of drug-likeness (QED) is 0.251. The summed E-state index contributed by atoms with van der Waals surface area (Å²) in [4.78, 5) is 23.0. The molecule has 4 rings (SSSR count). The number of carbonyl (C=O) groups is 1. The van der Waals surface area contributed by atoms with Gasteiger partial charge in [0.25, 0.3) is 11.6 Å². The Morgan fingerprint density at radius 2 is 1.84 bits per heavy atom. The molecule has 0 atom stereocenters. The maximum Gasteiger partial charge on any atom is 0.280 e. The van der Waals surface area contributed by atoms with Crippen LogP contribution in [0.15, 0.2) is 71.1 Å². The van der Waals surface area contributed by atoms with Crippen LogP contribution in [0.5, 0.6) is 0 Å². The summed E-state index contributed by atoms with van der Waals surface area (Å²) in [7, 11) is 0. The molecule has 0 saturated carbocycles. The molecule has 4 aromatic rings. The molecule has 1 N–H and O–H groups in total. The number of furan rings is 1. The maximum atomic E-state index is 12.3. The van der Waals surface area contributed by atoms with E-state index in [9.17, 15) is 20.2 Å². The summed E-state index contributed by atoms with van der Waals surface area (Å²) in [5, 5.41) is 31.9. The Hall–Kier alpha value is -4.62. The SMILES string of the molecule is N#C/C(=C\c1ccc(-c2ccccc2[N+](=O)[O-])o1)c1nnc(NC(=O)c2ccccc2)s1. The smallest absolute Gasteiger partial charge is 0.280 e. The summed E-state index contributed by atoms with van der Waals surface area (Å²) in [6, 6.07) is 20.1. The number of amides is 1. The second-order valence-electron chi connectivity index (χ2n) is 6.38. The van der Waals surface area contributed by atoms with E-state index < -0.39 is 4.92 Å². The molecule has 156 valence electrons. The van der Waals surface area contributed by atoms with Crippen molar-refractivity contribution >= 4 is 39.7 Å². The Labute approximate surface area is 185 Å². The van der Waals surface area contributed by atoms with Crippen molar-refractivity contribution < 1.29 is 14.1 Å². The van der Waals surface area contributed by atoms with Gasteiger partial charge in [-0.3, -0.25) is 20.2 Å². The van der Waals surface area contributed by atoms with E-state index in [1.165, 1.54) is 12.1 Å². The lowest BCUT2D eigenvalue weighted by molar-refractivity contribution is -0.384. The van der Waals surface area contributed by atoms with Crippen molar-refractivity contribution in [3.63, 3.8) is 0 Å². The van der Waals surface area contributed by atoms with Gasteiger partial charge in [0.2, 0.25) is 5.13 Å². The highest BCUT2D eigenvalue weighted by Gasteiger charge is 2.18.